The van der Waals surface area contributed by atoms with Crippen LogP contribution in [0.1, 0.15) is 30.7 Å². The Hall–Kier alpha value is -3.31. The van der Waals surface area contributed by atoms with Crippen LogP contribution >= 0.6 is 0 Å². The van der Waals surface area contributed by atoms with Crippen LogP contribution in [0.3, 0.4) is 0 Å². The highest BCUT2D eigenvalue weighted by atomic mass is 32.2. The first kappa shape index (κ1) is 22.9. The first-order valence-electron chi connectivity index (χ1n) is 10.6. The fourth-order valence-corrected chi connectivity index (χ4v) is 5.45. The van der Waals surface area contributed by atoms with E-state index in [-0.39, 0.29) is 22.8 Å². The minimum Gasteiger partial charge on any atom is -0.375 e. The van der Waals surface area contributed by atoms with Crippen molar-refractivity contribution in [3.05, 3.63) is 76.1 Å². The molecule has 3 aromatic rings. The molecule has 0 aliphatic carbocycles. The SMILES string of the molecule is Cc1nccn1-c1ccc(CNc2ccc(S(=O)(=O)N3CCCCC3)cc2[N+](=O)[O-])cc1F. The molecule has 4 rings (SSSR count). The van der Waals surface area contributed by atoms with Crippen LogP contribution < -0.4 is 5.32 Å². The number of benzene rings is 2. The number of halogens is 1. The second-order valence-corrected chi connectivity index (χ2v) is 9.82. The molecule has 33 heavy (non-hydrogen) atoms. The first-order valence-corrected chi connectivity index (χ1v) is 12.0. The summed E-state index contributed by atoms with van der Waals surface area (Å²) in [4.78, 5) is 15.0. The highest BCUT2D eigenvalue weighted by Crippen LogP contribution is 2.30. The Morgan fingerprint density at radius 3 is 2.55 bits per heavy atom. The second kappa shape index (κ2) is 9.28. The Morgan fingerprint density at radius 1 is 1.15 bits per heavy atom. The number of hydrogen-bond acceptors (Lipinski definition) is 6. The van der Waals surface area contributed by atoms with Crippen molar-refractivity contribution in [2.24, 2.45) is 0 Å². The smallest absolute Gasteiger partial charge is 0.293 e. The molecule has 1 saturated heterocycles. The minimum absolute atomic E-state index is 0.104. The number of nitrogens with zero attached hydrogens (tertiary/aromatic N) is 4. The molecule has 0 bridgehead atoms. The van der Waals surface area contributed by atoms with Crippen LogP contribution in [0, 0.1) is 22.9 Å². The van der Waals surface area contributed by atoms with Crippen molar-refractivity contribution in [2.75, 3.05) is 18.4 Å². The third-order valence-electron chi connectivity index (χ3n) is 5.70. The Balaban J connectivity index is 1.54. The Kier molecular flexibility index (Phi) is 6.43. The minimum atomic E-state index is -3.79. The number of rotatable bonds is 7. The van der Waals surface area contributed by atoms with Crippen LogP contribution in [0.4, 0.5) is 15.8 Å². The number of aromatic nitrogens is 2. The highest BCUT2D eigenvalue weighted by molar-refractivity contribution is 7.89. The second-order valence-electron chi connectivity index (χ2n) is 7.88. The van der Waals surface area contributed by atoms with Crippen LogP contribution in [0.2, 0.25) is 0 Å². The van der Waals surface area contributed by atoms with Gasteiger partial charge in [-0.05, 0) is 49.6 Å². The number of piperidine rings is 1. The van der Waals surface area contributed by atoms with Crippen LogP contribution in [-0.2, 0) is 16.6 Å². The van der Waals surface area contributed by atoms with E-state index in [4.69, 9.17) is 0 Å². The molecule has 174 valence electrons. The average Bonchev–Trinajstić information content (AvgIpc) is 3.23. The fourth-order valence-electron chi connectivity index (χ4n) is 3.91. The van der Waals surface area contributed by atoms with Crippen LogP contribution in [0.25, 0.3) is 5.69 Å². The Bertz CT molecular complexity index is 1290. The predicted molar refractivity (Wildman–Crippen MR) is 121 cm³/mol. The molecule has 1 aromatic heterocycles. The molecule has 0 amide bonds. The lowest BCUT2D eigenvalue weighted by Crippen LogP contribution is -2.35. The number of nitro groups is 1. The molecule has 0 saturated carbocycles. The summed E-state index contributed by atoms with van der Waals surface area (Å²) in [5.41, 5.74) is 0.743. The lowest BCUT2D eigenvalue weighted by molar-refractivity contribution is -0.384. The molecule has 0 spiro atoms. The van der Waals surface area contributed by atoms with Gasteiger partial charge in [-0.2, -0.15) is 4.31 Å². The Labute approximate surface area is 191 Å². The molecule has 2 aromatic carbocycles. The summed E-state index contributed by atoms with van der Waals surface area (Å²) < 4.78 is 43.4. The lowest BCUT2D eigenvalue weighted by Gasteiger charge is -2.25. The van der Waals surface area contributed by atoms with Crippen molar-refractivity contribution < 1.29 is 17.7 Å². The van der Waals surface area contributed by atoms with E-state index in [9.17, 15) is 22.9 Å². The molecule has 1 fully saturated rings. The van der Waals surface area contributed by atoms with E-state index < -0.39 is 20.8 Å². The summed E-state index contributed by atoms with van der Waals surface area (Å²) in [5.74, 6) is 0.197. The maximum Gasteiger partial charge on any atom is 0.293 e. The number of hydrogen-bond donors (Lipinski definition) is 1. The average molecular weight is 474 g/mol. The summed E-state index contributed by atoms with van der Waals surface area (Å²) in [5, 5.41) is 14.6. The molecular weight excluding hydrogens is 449 g/mol. The number of aryl methyl sites for hydroxylation is 1. The van der Waals surface area contributed by atoms with Crippen molar-refractivity contribution in [1.82, 2.24) is 13.9 Å². The number of sulfonamides is 1. The van der Waals surface area contributed by atoms with Gasteiger partial charge < -0.3 is 9.88 Å². The van der Waals surface area contributed by atoms with Gasteiger partial charge in [-0.15, -0.1) is 0 Å². The van der Waals surface area contributed by atoms with Gasteiger partial charge in [-0.25, -0.2) is 17.8 Å². The molecule has 1 N–H and O–H groups in total. The van der Waals surface area contributed by atoms with Gasteiger partial charge in [-0.1, -0.05) is 12.5 Å². The van der Waals surface area contributed by atoms with Gasteiger partial charge in [0.1, 0.15) is 17.3 Å². The highest BCUT2D eigenvalue weighted by Gasteiger charge is 2.28. The lowest BCUT2D eigenvalue weighted by atomic mass is 10.1. The third kappa shape index (κ3) is 4.74. The van der Waals surface area contributed by atoms with Crippen molar-refractivity contribution >= 4 is 21.4 Å². The zero-order valence-corrected chi connectivity index (χ0v) is 18.9. The number of anilines is 1. The van der Waals surface area contributed by atoms with Crippen molar-refractivity contribution in [2.45, 2.75) is 37.6 Å². The van der Waals surface area contributed by atoms with E-state index in [1.165, 1.54) is 22.5 Å². The van der Waals surface area contributed by atoms with E-state index in [1.54, 1.807) is 36.0 Å². The number of imidazole rings is 1. The van der Waals surface area contributed by atoms with E-state index in [1.807, 2.05) is 0 Å². The van der Waals surface area contributed by atoms with Crippen molar-refractivity contribution in [1.29, 1.82) is 0 Å². The summed E-state index contributed by atoms with van der Waals surface area (Å²) >= 11 is 0. The molecule has 11 heteroatoms. The molecule has 0 atom stereocenters. The summed E-state index contributed by atoms with van der Waals surface area (Å²) in [7, 11) is -3.79. The van der Waals surface area contributed by atoms with Crippen molar-refractivity contribution in [3.8, 4) is 5.69 Å². The third-order valence-corrected chi connectivity index (χ3v) is 7.59. The summed E-state index contributed by atoms with van der Waals surface area (Å²) in [6.45, 7) is 2.72. The molecule has 0 unspecified atom stereocenters. The van der Waals surface area contributed by atoms with Crippen LogP contribution in [-0.4, -0.2) is 40.3 Å². The first-order chi connectivity index (χ1) is 15.8. The summed E-state index contributed by atoms with van der Waals surface area (Å²) in [6, 6.07) is 8.51. The molecule has 1 aliphatic heterocycles. The van der Waals surface area contributed by atoms with Crippen LogP contribution in [0.5, 0.6) is 0 Å². The quantitative estimate of drug-likeness (QED) is 0.410. The predicted octanol–water partition coefficient (Wildman–Crippen LogP) is 4.01. The molecule has 0 radical (unpaired) electrons. The number of nitro benzene ring substituents is 1. The maximum absolute atomic E-state index is 14.6. The van der Waals surface area contributed by atoms with Crippen LogP contribution in [0.15, 0.2) is 53.7 Å². The topological polar surface area (TPSA) is 110 Å². The molecular formula is C22H24FN5O4S. The zero-order valence-electron chi connectivity index (χ0n) is 18.1. The van der Waals surface area contributed by atoms with E-state index in [2.05, 4.69) is 10.3 Å². The molecule has 1 aliphatic rings. The van der Waals surface area contributed by atoms with E-state index >= 15 is 0 Å². The number of nitrogens with one attached hydrogen (secondary N) is 1. The van der Waals surface area contributed by atoms with E-state index in [0.29, 0.717) is 30.2 Å². The van der Waals surface area contributed by atoms with Gasteiger partial charge in [0.25, 0.3) is 5.69 Å². The fraction of sp³-hybridized carbons (Fsp3) is 0.318. The monoisotopic (exact) mass is 473 g/mol. The van der Waals surface area contributed by atoms with Gasteiger partial charge in [-0.3, -0.25) is 10.1 Å². The molecule has 2 heterocycles. The van der Waals surface area contributed by atoms with Gasteiger partial charge in [0, 0.05) is 38.1 Å². The largest absolute Gasteiger partial charge is 0.375 e. The van der Waals surface area contributed by atoms with Crippen molar-refractivity contribution in [3.63, 3.8) is 0 Å². The van der Waals surface area contributed by atoms with Gasteiger partial charge in [0.15, 0.2) is 0 Å². The zero-order chi connectivity index (χ0) is 23.6. The van der Waals surface area contributed by atoms with E-state index in [0.717, 1.165) is 25.3 Å². The van der Waals surface area contributed by atoms with Gasteiger partial charge in [0.05, 0.1) is 15.5 Å². The standard InChI is InChI=1S/C22H24FN5O4S/c1-16-24-9-12-27(16)21-8-5-17(13-19(21)23)15-25-20-7-6-18(14-22(20)28(29)30)33(31,32)26-10-3-2-4-11-26/h5-9,12-14,25H,2-4,10-11,15H2,1H3. The van der Waals surface area contributed by atoms with Gasteiger partial charge >= 0.3 is 0 Å². The normalized spacial score (nSPS) is 14.8. The molecule has 9 nitrogen and oxygen atoms in total. The van der Waals surface area contributed by atoms with Gasteiger partial charge in [0.2, 0.25) is 10.0 Å². The Morgan fingerprint density at radius 2 is 1.91 bits per heavy atom. The summed E-state index contributed by atoms with van der Waals surface area (Å²) in [6.07, 6.45) is 5.76. The maximum atomic E-state index is 14.6.